The molecule has 0 N–H and O–H groups in total. The molecule has 0 fully saturated rings. The average molecular weight is 306 g/mol. The Labute approximate surface area is 126 Å². The summed E-state index contributed by atoms with van der Waals surface area (Å²) in [6.07, 6.45) is 0. The van der Waals surface area contributed by atoms with E-state index >= 15 is 0 Å². The molecule has 0 radical (unpaired) electrons. The first-order valence-corrected chi connectivity index (χ1v) is 6.91. The fourth-order valence-electron chi connectivity index (χ4n) is 2.40. The second kappa shape index (κ2) is 5.37. The van der Waals surface area contributed by atoms with E-state index in [0.717, 1.165) is 5.56 Å². The molecule has 3 nitrogen and oxygen atoms in total. The molecule has 0 spiro atoms. The van der Waals surface area contributed by atoms with Crippen LogP contribution in [0, 0.1) is 12.7 Å². The van der Waals surface area contributed by atoms with Gasteiger partial charge in [-0.15, -0.1) is 0 Å². The van der Waals surface area contributed by atoms with Crippen LogP contribution in [-0.4, -0.2) is 12.5 Å². The van der Waals surface area contributed by atoms with Gasteiger partial charge in [-0.05, 0) is 37.3 Å². The van der Waals surface area contributed by atoms with Crippen LogP contribution in [0.2, 0.25) is 5.02 Å². The van der Waals surface area contributed by atoms with Gasteiger partial charge in [0.25, 0.3) is 5.91 Å². The van der Waals surface area contributed by atoms with E-state index in [2.05, 4.69) is 0 Å². The van der Waals surface area contributed by atoms with Crippen molar-refractivity contribution < 1.29 is 13.9 Å². The molecule has 2 aromatic carbocycles. The normalized spacial score (nSPS) is 14.4. The molecular weight excluding hydrogens is 293 g/mol. The Morgan fingerprint density at radius 1 is 1.29 bits per heavy atom. The number of amides is 1. The number of halogens is 2. The van der Waals surface area contributed by atoms with Gasteiger partial charge in [0.2, 0.25) is 0 Å². The van der Waals surface area contributed by atoms with Crippen molar-refractivity contribution in [1.82, 2.24) is 0 Å². The molecule has 0 bridgehead atoms. The minimum absolute atomic E-state index is 0.0788. The van der Waals surface area contributed by atoms with Crippen LogP contribution >= 0.6 is 11.6 Å². The zero-order valence-corrected chi connectivity index (χ0v) is 12.2. The number of ether oxygens (including phenoxy) is 1. The van der Waals surface area contributed by atoms with E-state index < -0.39 is 0 Å². The predicted molar refractivity (Wildman–Crippen MR) is 79.3 cm³/mol. The molecule has 3 rings (SSSR count). The molecule has 1 heterocycles. The Hall–Kier alpha value is -2.07. The van der Waals surface area contributed by atoms with Crippen LogP contribution in [0.4, 0.5) is 10.1 Å². The van der Waals surface area contributed by atoms with E-state index in [0.29, 0.717) is 28.6 Å². The van der Waals surface area contributed by atoms with Gasteiger partial charge in [-0.3, -0.25) is 4.79 Å². The van der Waals surface area contributed by atoms with Gasteiger partial charge in [0.05, 0.1) is 6.54 Å². The number of benzene rings is 2. The third-order valence-corrected chi connectivity index (χ3v) is 3.77. The molecule has 0 unspecified atom stereocenters. The lowest BCUT2D eigenvalue weighted by atomic mass is 10.1. The molecule has 108 valence electrons. The number of rotatable bonds is 1. The standard InChI is InChI=1S/C16H13ClFNO2/c1-10-13(18)3-2-4-14(10)19-8-11-7-12(17)5-6-15(11)21-9-16(19)20/h2-7H,8-9H2,1H3. The fourth-order valence-corrected chi connectivity index (χ4v) is 2.59. The Morgan fingerprint density at radius 2 is 2.10 bits per heavy atom. The second-order valence-electron chi connectivity index (χ2n) is 4.90. The first-order valence-electron chi connectivity index (χ1n) is 6.53. The van der Waals surface area contributed by atoms with E-state index in [1.165, 1.54) is 11.0 Å². The number of carbonyl (C=O) groups excluding carboxylic acids is 1. The lowest BCUT2D eigenvalue weighted by molar-refractivity contribution is -0.120. The summed E-state index contributed by atoms with van der Waals surface area (Å²) in [6, 6.07) is 9.92. The molecule has 0 atom stereocenters. The van der Waals surface area contributed by atoms with Crippen molar-refractivity contribution in [2.24, 2.45) is 0 Å². The monoisotopic (exact) mass is 305 g/mol. The lowest BCUT2D eigenvalue weighted by Crippen LogP contribution is -2.32. The summed E-state index contributed by atoms with van der Waals surface area (Å²) >= 11 is 6.00. The van der Waals surface area contributed by atoms with Crippen molar-refractivity contribution in [2.45, 2.75) is 13.5 Å². The average Bonchev–Trinajstić information content (AvgIpc) is 2.61. The Balaban J connectivity index is 2.05. The quantitative estimate of drug-likeness (QED) is 0.804. The first kappa shape index (κ1) is 13.9. The summed E-state index contributed by atoms with van der Waals surface area (Å²) in [5.41, 5.74) is 1.80. The zero-order valence-electron chi connectivity index (χ0n) is 11.4. The largest absolute Gasteiger partial charge is 0.483 e. The van der Waals surface area contributed by atoms with Crippen LogP contribution in [0.3, 0.4) is 0 Å². The van der Waals surface area contributed by atoms with Gasteiger partial charge in [-0.25, -0.2) is 4.39 Å². The van der Waals surface area contributed by atoms with Crippen molar-refractivity contribution in [1.29, 1.82) is 0 Å². The molecule has 1 aliphatic rings. The van der Waals surface area contributed by atoms with Crippen LogP contribution in [0.5, 0.6) is 5.75 Å². The van der Waals surface area contributed by atoms with E-state index in [4.69, 9.17) is 16.3 Å². The Morgan fingerprint density at radius 3 is 2.90 bits per heavy atom. The van der Waals surface area contributed by atoms with Crippen molar-refractivity contribution in [3.05, 3.63) is 58.4 Å². The number of hydrogen-bond donors (Lipinski definition) is 0. The predicted octanol–water partition coefficient (Wildman–Crippen LogP) is 3.71. The van der Waals surface area contributed by atoms with Crippen LogP contribution in [0.1, 0.15) is 11.1 Å². The van der Waals surface area contributed by atoms with E-state index in [1.807, 2.05) is 0 Å². The lowest BCUT2D eigenvalue weighted by Gasteiger charge is -2.22. The smallest absolute Gasteiger partial charge is 0.265 e. The van der Waals surface area contributed by atoms with Gasteiger partial charge >= 0.3 is 0 Å². The number of anilines is 1. The molecule has 2 aromatic rings. The number of hydrogen-bond acceptors (Lipinski definition) is 2. The van der Waals surface area contributed by atoms with Crippen LogP contribution in [0.15, 0.2) is 36.4 Å². The molecule has 21 heavy (non-hydrogen) atoms. The maximum Gasteiger partial charge on any atom is 0.265 e. The zero-order chi connectivity index (χ0) is 15.0. The van der Waals surface area contributed by atoms with Crippen LogP contribution in [-0.2, 0) is 11.3 Å². The highest BCUT2D eigenvalue weighted by molar-refractivity contribution is 6.30. The van der Waals surface area contributed by atoms with Crippen molar-refractivity contribution >= 4 is 23.2 Å². The Bertz CT molecular complexity index is 717. The van der Waals surface area contributed by atoms with E-state index in [9.17, 15) is 9.18 Å². The van der Waals surface area contributed by atoms with Gasteiger partial charge in [-0.1, -0.05) is 17.7 Å². The Kier molecular flexibility index (Phi) is 3.55. The number of carbonyl (C=O) groups is 1. The molecule has 0 aromatic heterocycles. The van der Waals surface area contributed by atoms with Gasteiger partial charge in [0.15, 0.2) is 6.61 Å². The molecule has 1 aliphatic heterocycles. The van der Waals surface area contributed by atoms with Crippen molar-refractivity contribution in [3.8, 4) is 5.75 Å². The van der Waals surface area contributed by atoms with Crippen molar-refractivity contribution in [3.63, 3.8) is 0 Å². The molecule has 1 amide bonds. The molecule has 0 aliphatic carbocycles. The highest BCUT2D eigenvalue weighted by Gasteiger charge is 2.24. The highest BCUT2D eigenvalue weighted by Crippen LogP contribution is 2.31. The van der Waals surface area contributed by atoms with E-state index in [-0.39, 0.29) is 18.3 Å². The molecule has 0 saturated carbocycles. The minimum atomic E-state index is -0.336. The summed E-state index contributed by atoms with van der Waals surface area (Å²) in [4.78, 5) is 13.8. The first-order chi connectivity index (χ1) is 10.1. The van der Waals surface area contributed by atoms with E-state index in [1.54, 1.807) is 37.3 Å². The topological polar surface area (TPSA) is 29.5 Å². The third kappa shape index (κ3) is 2.59. The number of nitrogens with zero attached hydrogens (tertiary/aromatic N) is 1. The summed E-state index contributed by atoms with van der Waals surface area (Å²) in [7, 11) is 0. The minimum Gasteiger partial charge on any atom is -0.483 e. The summed E-state index contributed by atoms with van der Waals surface area (Å²) < 4.78 is 19.2. The maximum atomic E-state index is 13.7. The van der Waals surface area contributed by atoms with Crippen molar-refractivity contribution in [2.75, 3.05) is 11.5 Å². The summed E-state index contributed by atoms with van der Waals surface area (Å²) in [5, 5.41) is 0.572. The van der Waals surface area contributed by atoms with Crippen LogP contribution < -0.4 is 9.64 Å². The fraction of sp³-hybridized carbons (Fsp3) is 0.188. The molecular formula is C16H13ClFNO2. The summed E-state index contributed by atoms with van der Waals surface area (Å²) in [5.74, 6) is 0.0807. The molecule has 5 heteroatoms. The van der Waals surface area contributed by atoms with Gasteiger partial charge in [-0.2, -0.15) is 0 Å². The second-order valence-corrected chi connectivity index (χ2v) is 5.34. The van der Waals surface area contributed by atoms with Gasteiger partial charge in [0.1, 0.15) is 11.6 Å². The molecule has 0 saturated heterocycles. The SMILES string of the molecule is Cc1c(F)cccc1N1Cc2cc(Cl)ccc2OCC1=O. The van der Waals surface area contributed by atoms with Gasteiger partial charge < -0.3 is 9.64 Å². The third-order valence-electron chi connectivity index (χ3n) is 3.53. The maximum absolute atomic E-state index is 13.7. The summed E-state index contributed by atoms with van der Waals surface area (Å²) in [6.45, 7) is 1.88. The highest BCUT2D eigenvalue weighted by atomic mass is 35.5. The van der Waals surface area contributed by atoms with Gasteiger partial charge in [0, 0.05) is 21.8 Å². The van der Waals surface area contributed by atoms with Crippen LogP contribution in [0.25, 0.3) is 0 Å². The number of fused-ring (bicyclic) bond motifs is 1.